The molecule has 1 amide bonds. The maximum atomic E-state index is 11.9. The molecule has 1 unspecified atom stereocenters. The number of furan rings is 1. The van der Waals surface area contributed by atoms with Gasteiger partial charge >= 0.3 is 0 Å². The highest BCUT2D eigenvalue weighted by atomic mass is 35.5. The molecule has 1 atom stereocenters. The van der Waals surface area contributed by atoms with Crippen molar-refractivity contribution in [2.24, 2.45) is 7.05 Å². The van der Waals surface area contributed by atoms with Crippen LogP contribution in [-0.4, -0.2) is 52.8 Å². The van der Waals surface area contributed by atoms with Crippen LogP contribution < -0.4 is 5.32 Å². The van der Waals surface area contributed by atoms with Crippen LogP contribution in [0.3, 0.4) is 0 Å². The van der Waals surface area contributed by atoms with Crippen molar-refractivity contribution in [1.82, 2.24) is 25.0 Å². The van der Waals surface area contributed by atoms with Crippen LogP contribution in [0.15, 0.2) is 21.7 Å². The van der Waals surface area contributed by atoms with Gasteiger partial charge in [-0.15, -0.1) is 22.6 Å². The summed E-state index contributed by atoms with van der Waals surface area (Å²) in [5, 5.41) is 13.0. The predicted octanol–water partition coefficient (Wildman–Crippen LogP) is 2.29. The van der Waals surface area contributed by atoms with Gasteiger partial charge in [0, 0.05) is 33.6 Å². The summed E-state index contributed by atoms with van der Waals surface area (Å²) in [6, 6.07) is 3.56. The largest absolute Gasteiger partial charge is 0.455 e. The Bertz CT molecular complexity index is 709. The normalized spacial score (nSPS) is 17.2. The summed E-state index contributed by atoms with van der Waals surface area (Å²) >= 11 is 1.57. The van der Waals surface area contributed by atoms with E-state index in [0.717, 1.165) is 36.3 Å². The Hall–Kier alpha value is -1.51. The summed E-state index contributed by atoms with van der Waals surface area (Å²) in [6.45, 7) is 2.05. The van der Waals surface area contributed by atoms with E-state index in [1.165, 1.54) is 11.3 Å². The van der Waals surface area contributed by atoms with Gasteiger partial charge < -0.3 is 19.2 Å². The zero-order valence-corrected chi connectivity index (χ0v) is 16.3. The topological polar surface area (TPSA) is 76.2 Å². The van der Waals surface area contributed by atoms with Crippen LogP contribution in [0.5, 0.6) is 0 Å². The first-order valence-electron chi connectivity index (χ1n) is 8.09. The van der Waals surface area contributed by atoms with Crippen LogP contribution >= 0.6 is 24.2 Å². The Labute approximate surface area is 158 Å². The summed E-state index contributed by atoms with van der Waals surface area (Å²) in [6.07, 6.45) is 2.33. The molecule has 1 aliphatic rings. The first-order valence-corrected chi connectivity index (χ1v) is 9.08. The van der Waals surface area contributed by atoms with Crippen molar-refractivity contribution in [3.05, 3.63) is 29.5 Å². The maximum Gasteiger partial charge on any atom is 0.289 e. The van der Waals surface area contributed by atoms with Crippen molar-refractivity contribution in [3.8, 4) is 0 Å². The van der Waals surface area contributed by atoms with E-state index in [1.807, 2.05) is 13.1 Å². The van der Waals surface area contributed by atoms with Crippen molar-refractivity contribution in [2.45, 2.75) is 29.7 Å². The van der Waals surface area contributed by atoms with E-state index in [0.29, 0.717) is 17.4 Å². The number of halogens is 1. The van der Waals surface area contributed by atoms with Crippen molar-refractivity contribution in [3.63, 3.8) is 0 Å². The molecule has 0 bridgehead atoms. The van der Waals surface area contributed by atoms with Gasteiger partial charge in [0.15, 0.2) is 10.9 Å². The Morgan fingerprint density at radius 2 is 2.24 bits per heavy atom. The molecule has 3 rings (SSSR count). The van der Waals surface area contributed by atoms with Crippen LogP contribution in [0.1, 0.15) is 40.9 Å². The van der Waals surface area contributed by atoms with E-state index in [-0.39, 0.29) is 18.3 Å². The molecule has 7 nitrogen and oxygen atoms in total. The standard InChI is InChI=1S/C16H23N5O2S.ClH/c1-20(2)15(22)13-7-6-12(23-13)10-24-16-19-18-14(21(16)3)11-5-4-8-17-9-11;/h6-7,11,17H,4-5,8-10H2,1-3H3;1H. The number of carbonyl (C=O) groups is 1. The molecule has 0 saturated carbocycles. The molecule has 0 aromatic carbocycles. The molecule has 1 N–H and O–H groups in total. The van der Waals surface area contributed by atoms with E-state index in [1.54, 1.807) is 31.9 Å². The zero-order chi connectivity index (χ0) is 17.1. The van der Waals surface area contributed by atoms with Gasteiger partial charge in [-0.05, 0) is 31.5 Å². The lowest BCUT2D eigenvalue weighted by Gasteiger charge is -2.21. The second kappa shape index (κ2) is 8.73. The van der Waals surface area contributed by atoms with Gasteiger partial charge in [-0.3, -0.25) is 4.79 Å². The number of hydrogen-bond acceptors (Lipinski definition) is 6. The van der Waals surface area contributed by atoms with Crippen LogP contribution in [-0.2, 0) is 12.8 Å². The van der Waals surface area contributed by atoms with Gasteiger partial charge in [0.1, 0.15) is 11.6 Å². The van der Waals surface area contributed by atoms with Crippen molar-refractivity contribution in [1.29, 1.82) is 0 Å². The Morgan fingerprint density at radius 3 is 2.92 bits per heavy atom. The van der Waals surface area contributed by atoms with Crippen LogP contribution in [0, 0.1) is 0 Å². The van der Waals surface area contributed by atoms with Gasteiger partial charge in [-0.2, -0.15) is 0 Å². The van der Waals surface area contributed by atoms with E-state index >= 15 is 0 Å². The molecule has 0 radical (unpaired) electrons. The van der Waals surface area contributed by atoms with E-state index in [4.69, 9.17) is 4.42 Å². The Balaban J connectivity index is 0.00000225. The quantitative estimate of drug-likeness (QED) is 0.796. The third-order valence-corrected chi connectivity index (χ3v) is 5.20. The summed E-state index contributed by atoms with van der Waals surface area (Å²) < 4.78 is 7.68. The molecule has 2 aromatic rings. The lowest BCUT2D eigenvalue weighted by Crippen LogP contribution is -2.29. The second-order valence-corrected chi connectivity index (χ2v) is 7.14. The van der Waals surface area contributed by atoms with Gasteiger partial charge in [0.25, 0.3) is 5.91 Å². The number of thioether (sulfide) groups is 1. The minimum absolute atomic E-state index is 0. The minimum Gasteiger partial charge on any atom is -0.455 e. The monoisotopic (exact) mass is 385 g/mol. The molecule has 3 heterocycles. The summed E-state index contributed by atoms with van der Waals surface area (Å²) in [7, 11) is 5.43. The third kappa shape index (κ3) is 4.56. The SMILES string of the molecule is CN(C)C(=O)c1ccc(CSc2nnc(C3CCCNC3)n2C)o1.Cl. The van der Waals surface area contributed by atoms with E-state index < -0.39 is 0 Å². The lowest BCUT2D eigenvalue weighted by molar-refractivity contribution is 0.0795. The van der Waals surface area contributed by atoms with Crippen LogP contribution in [0.2, 0.25) is 0 Å². The molecule has 1 aliphatic heterocycles. The van der Waals surface area contributed by atoms with Gasteiger partial charge in [0.2, 0.25) is 0 Å². The van der Waals surface area contributed by atoms with Gasteiger partial charge in [-0.1, -0.05) is 11.8 Å². The van der Waals surface area contributed by atoms with Crippen LogP contribution in [0.25, 0.3) is 0 Å². The number of amides is 1. The fourth-order valence-electron chi connectivity index (χ4n) is 2.81. The predicted molar refractivity (Wildman–Crippen MR) is 99.4 cm³/mol. The van der Waals surface area contributed by atoms with Crippen molar-refractivity contribution >= 4 is 30.1 Å². The number of rotatable bonds is 5. The fourth-order valence-corrected chi connectivity index (χ4v) is 3.62. The number of nitrogens with zero attached hydrogens (tertiary/aromatic N) is 4. The van der Waals surface area contributed by atoms with E-state index in [2.05, 4.69) is 20.1 Å². The Kier molecular flexibility index (Phi) is 6.92. The molecule has 138 valence electrons. The zero-order valence-electron chi connectivity index (χ0n) is 14.7. The highest BCUT2D eigenvalue weighted by Crippen LogP contribution is 2.27. The number of hydrogen-bond donors (Lipinski definition) is 1. The highest BCUT2D eigenvalue weighted by Gasteiger charge is 2.22. The average molecular weight is 386 g/mol. The molecule has 1 saturated heterocycles. The smallest absolute Gasteiger partial charge is 0.289 e. The van der Waals surface area contributed by atoms with Crippen molar-refractivity contribution < 1.29 is 9.21 Å². The van der Waals surface area contributed by atoms with Crippen molar-refractivity contribution in [2.75, 3.05) is 27.2 Å². The molecular formula is C16H24ClN5O2S. The first kappa shape index (κ1) is 19.8. The van der Waals surface area contributed by atoms with Gasteiger partial charge in [0.05, 0.1) is 5.75 Å². The molecule has 1 fully saturated rings. The molecule has 9 heteroatoms. The molecule has 0 spiro atoms. The summed E-state index contributed by atoms with van der Waals surface area (Å²) in [5.74, 6) is 3.08. The third-order valence-electron chi connectivity index (χ3n) is 4.15. The van der Waals surface area contributed by atoms with Gasteiger partial charge in [-0.25, -0.2) is 0 Å². The number of nitrogens with one attached hydrogen (secondary N) is 1. The van der Waals surface area contributed by atoms with E-state index in [9.17, 15) is 4.79 Å². The van der Waals surface area contributed by atoms with Crippen LogP contribution in [0.4, 0.5) is 0 Å². The molecular weight excluding hydrogens is 362 g/mol. The molecule has 0 aliphatic carbocycles. The lowest BCUT2D eigenvalue weighted by atomic mass is 9.99. The maximum absolute atomic E-state index is 11.9. The number of carbonyl (C=O) groups excluding carboxylic acids is 1. The second-order valence-electron chi connectivity index (χ2n) is 6.20. The summed E-state index contributed by atoms with van der Waals surface area (Å²) in [4.78, 5) is 13.4. The summed E-state index contributed by atoms with van der Waals surface area (Å²) in [5.41, 5.74) is 0. The molecule has 25 heavy (non-hydrogen) atoms. The number of piperidine rings is 1. The molecule has 2 aromatic heterocycles. The highest BCUT2D eigenvalue weighted by molar-refractivity contribution is 7.98. The number of aromatic nitrogens is 3. The first-order chi connectivity index (χ1) is 11.6. The Morgan fingerprint density at radius 1 is 1.44 bits per heavy atom. The fraction of sp³-hybridized carbons (Fsp3) is 0.562. The minimum atomic E-state index is -0.128. The average Bonchev–Trinajstić information content (AvgIpc) is 3.20.